The second kappa shape index (κ2) is 11.8. The molecule has 0 aliphatic heterocycles. The lowest BCUT2D eigenvalue weighted by atomic mass is 9.99. The fourth-order valence-electron chi connectivity index (χ4n) is 7.50. The van der Waals surface area contributed by atoms with Gasteiger partial charge >= 0.3 is 0 Å². The Labute approximate surface area is 205 Å². The quantitative estimate of drug-likeness (QED) is 0.349. The Balaban J connectivity index is 1.45. The molecule has 2 unspecified atom stereocenters. The normalized spacial score (nSPS) is 26.2. The maximum Gasteiger partial charge on any atom is -0.00945 e. The van der Waals surface area contributed by atoms with Gasteiger partial charge in [-0.1, -0.05) is 120 Å². The van der Waals surface area contributed by atoms with Gasteiger partial charge in [0.05, 0.1) is 0 Å². The summed E-state index contributed by atoms with van der Waals surface area (Å²) in [6, 6.07) is 23.2. The second-order valence-corrected chi connectivity index (χ2v) is 16.6. The van der Waals surface area contributed by atoms with Gasteiger partial charge in [0.1, 0.15) is 0 Å². The van der Waals surface area contributed by atoms with Crippen molar-refractivity contribution in [1.29, 1.82) is 0 Å². The van der Waals surface area contributed by atoms with Crippen LogP contribution in [0.15, 0.2) is 60.7 Å². The molecule has 0 nitrogen and oxygen atoms in total. The van der Waals surface area contributed by atoms with Gasteiger partial charge in [0.2, 0.25) is 0 Å². The van der Waals surface area contributed by atoms with Crippen molar-refractivity contribution < 1.29 is 0 Å². The summed E-state index contributed by atoms with van der Waals surface area (Å²) in [5, 5.41) is 3.23. The van der Waals surface area contributed by atoms with Gasteiger partial charge in [-0.05, 0) is 85.6 Å². The summed E-state index contributed by atoms with van der Waals surface area (Å²) in [5.74, 6) is 0.937. The molecule has 0 N–H and O–H groups in total. The number of hydrogen-bond donors (Lipinski definition) is 0. The van der Waals surface area contributed by atoms with Gasteiger partial charge in [0.15, 0.2) is 0 Å². The summed E-state index contributed by atoms with van der Waals surface area (Å²) < 4.78 is 0. The Bertz CT molecular complexity index is 765. The van der Waals surface area contributed by atoms with Gasteiger partial charge in [0.25, 0.3) is 0 Å². The van der Waals surface area contributed by atoms with Crippen LogP contribution in [0.1, 0.15) is 90.4 Å². The summed E-state index contributed by atoms with van der Waals surface area (Å²) in [4.78, 5) is 0. The van der Waals surface area contributed by atoms with E-state index in [9.17, 15) is 0 Å². The van der Waals surface area contributed by atoms with E-state index in [-0.39, 0.29) is 15.8 Å². The van der Waals surface area contributed by atoms with Crippen molar-refractivity contribution in [3.05, 3.63) is 60.7 Å². The lowest BCUT2D eigenvalue weighted by Gasteiger charge is -2.46. The molecule has 0 heterocycles. The van der Waals surface area contributed by atoms with Gasteiger partial charge < -0.3 is 0 Å². The smallest absolute Gasteiger partial charge is 0.00945 e. The zero-order chi connectivity index (χ0) is 22.5. The standard InChI is InChI=1S/C31H44P2/c1-25(32(26-15-6-2-7-16-26)27-17-8-3-9-18-27)30-23-14-24-31(30)33(28-19-10-4-11-20-28)29-21-12-5-13-22-29/h4-5,10-13,19-22,25-27,30-31H,2-3,6-9,14-18,23-24H2,1H3/t25-,30?,31?/m0/s1. The van der Waals surface area contributed by atoms with Crippen LogP contribution in [0.3, 0.4) is 0 Å². The van der Waals surface area contributed by atoms with Crippen molar-refractivity contribution in [1.82, 2.24) is 0 Å². The zero-order valence-corrected chi connectivity index (χ0v) is 22.5. The van der Waals surface area contributed by atoms with Gasteiger partial charge in [-0.25, -0.2) is 0 Å². The minimum atomic E-state index is -0.273. The summed E-state index contributed by atoms with van der Waals surface area (Å²) in [7, 11) is -0.121. The molecule has 0 saturated heterocycles. The van der Waals surface area contributed by atoms with E-state index in [0.29, 0.717) is 0 Å². The highest BCUT2D eigenvalue weighted by molar-refractivity contribution is 7.73. The minimum Gasteiger partial charge on any atom is -0.0971 e. The molecule has 3 fully saturated rings. The first-order valence-corrected chi connectivity index (χ1v) is 17.0. The maximum absolute atomic E-state index is 2.75. The Morgan fingerprint density at radius 2 is 1.06 bits per heavy atom. The molecule has 3 aliphatic rings. The predicted molar refractivity (Wildman–Crippen MR) is 150 cm³/mol. The maximum atomic E-state index is 2.75. The largest absolute Gasteiger partial charge is 0.0971 e. The highest BCUT2D eigenvalue weighted by Crippen LogP contribution is 2.64. The fraction of sp³-hybridized carbons (Fsp3) is 0.613. The van der Waals surface area contributed by atoms with E-state index in [1.165, 1.54) is 57.8 Å². The van der Waals surface area contributed by atoms with Crippen LogP contribution in [0, 0.1) is 5.92 Å². The average molecular weight is 479 g/mol. The van der Waals surface area contributed by atoms with Crippen LogP contribution in [0.4, 0.5) is 0 Å². The van der Waals surface area contributed by atoms with E-state index in [2.05, 4.69) is 67.6 Å². The molecule has 2 aromatic carbocycles. The van der Waals surface area contributed by atoms with Crippen molar-refractivity contribution in [3.8, 4) is 0 Å². The third-order valence-electron chi connectivity index (χ3n) is 9.01. The van der Waals surface area contributed by atoms with Gasteiger partial charge in [0, 0.05) is 0 Å². The number of rotatable bonds is 7. The molecule has 0 amide bonds. The molecule has 3 saturated carbocycles. The SMILES string of the molecule is C[C@@H](C1CCCC1P(c1ccccc1)c1ccccc1)P(C1CCCCC1)C1CCCCC1. The Kier molecular flexibility index (Phi) is 8.60. The molecule has 3 aliphatic carbocycles. The van der Waals surface area contributed by atoms with Crippen LogP contribution in [-0.2, 0) is 0 Å². The number of benzene rings is 2. The van der Waals surface area contributed by atoms with Crippen LogP contribution in [0.2, 0.25) is 0 Å². The molecule has 0 spiro atoms. The number of hydrogen-bond acceptors (Lipinski definition) is 0. The fourth-order valence-corrected chi connectivity index (χ4v) is 15.6. The first kappa shape index (κ1) is 24.0. The van der Waals surface area contributed by atoms with Crippen LogP contribution >= 0.6 is 15.8 Å². The minimum absolute atomic E-state index is 0.152. The van der Waals surface area contributed by atoms with Crippen LogP contribution in [0.25, 0.3) is 0 Å². The van der Waals surface area contributed by atoms with E-state index >= 15 is 0 Å². The van der Waals surface area contributed by atoms with Crippen molar-refractivity contribution in [3.63, 3.8) is 0 Å². The molecule has 0 radical (unpaired) electrons. The first-order valence-electron chi connectivity index (χ1n) is 14.0. The molecule has 178 valence electrons. The molecular formula is C31H44P2. The molecule has 0 bridgehead atoms. The summed E-state index contributed by atoms with van der Waals surface area (Å²) in [6.45, 7) is 2.75. The Morgan fingerprint density at radius 1 is 0.576 bits per heavy atom. The topological polar surface area (TPSA) is 0 Å². The summed E-state index contributed by atoms with van der Waals surface area (Å²) in [5.41, 5.74) is 3.98. The second-order valence-electron chi connectivity index (χ2n) is 11.0. The monoisotopic (exact) mass is 478 g/mol. The van der Waals surface area contributed by atoms with E-state index in [1.807, 2.05) is 0 Å². The first-order chi connectivity index (χ1) is 16.3. The molecule has 2 aromatic rings. The van der Waals surface area contributed by atoms with Crippen molar-refractivity contribution >= 4 is 26.5 Å². The van der Waals surface area contributed by atoms with Crippen LogP contribution in [0.5, 0.6) is 0 Å². The Hall–Kier alpha value is -0.700. The Morgan fingerprint density at radius 3 is 1.55 bits per heavy atom. The molecule has 2 heteroatoms. The van der Waals surface area contributed by atoms with Gasteiger partial charge in [-0.15, -0.1) is 0 Å². The zero-order valence-electron chi connectivity index (χ0n) is 20.7. The molecule has 33 heavy (non-hydrogen) atoms. The molecule has 0 aromatic heterocycles. The van der Waals surface area contributed by atoms with Crippen molar-refractivity contribution in [2.75, 3.05) is 0 Å². The third-order valence-corrected chi connectivity index (χ3v) is 16.1. The van der Waals surface area contributed by atoms with Crippen LogP contribution < -0.4 is 10.6 Å². The molecule has 5 rings (SSSR count). The lowest BCUT2D eigenvalue weighted by molar-refractivity contribution is 0.467. The highest BCUT2D eigenvalue weighted by Gasteiger charge is 2.44. The van der Waals surface area contributed by atoms with E-state index in [1.54, 1.807) is 36.3 Å². The van der Waals surface area contributed by atoms with Gasteiger partial charge in [-0.2, -0.15) is 0 Å². The highest BCUT2D eigenvalue weighted by atomic mass is 31.1. The van der Waals surface area contributed by atoms with Crippen molar-refractivity contribution in [2.45, 2.75) is 113 Å². The third kappa shape index (κ3) is 5.60. The van der Waals surface area contributed by atoms with Crippen LogP contribution in [-0.4, -0.2) is 22.6 Å². The van der Waals surface area contributed by atoms with Crippen molar-refractivity contribution in [2.24, 2.45) is 5.92 Å². The molecular weight excluding hydrogens is 434 g/mol. The van der Waals surface area contributed by atoms with E-state index in [4.69, 9.17) is 0 Å². The van der Waals surface area contributed by atoms with E-state index < -0.39 is 0 Å². The summed E-state index contributed by atoms with van der Waals surface area (Å²) in [6.07, 6.45) is 19.6. The van der Waals surface area contributed by atoms with E-state index in [0.717, 1.165) is 28.6 Å². The predicted octanol–water partition coefficient (Wildman–Crippen LogP) is 8.82. The average Bonchev–Trinajstić information content (AvgIpc) is 3.36. The summed E-state index contributed by atoms with van der Waals surface area (Å²) >= 11 is 0. The van der Waals surface area contributed by atoms with Gasteiger partial charge in [-0.3, -0.25) is 0 Å². The molecule has 3 atom stereocenters. The lowest BCUT2D eigenvalue weighted by Crippen LogP contribution is -2.34.